The van der Waals surface area contributed by atoms with Crippen molar-refractivity contribution in [2.75, 3.05) is 6.61 Å². The fourth-order valence-corrected chi connectivity index (χ4v) is 5.34. The Hall–Kier alpha value is -3.35. The minimum absolute atomic E-state index is 0.00724. The van der Waals surface area contributed by atoms with Gasteiger partial charge in [-0.1, -0.05) is 75.2 Å². The number of amides is 2. The van der Waals surface area contributed by atoms with Gasteiger partial charge in [0, 0.05) is 18.0 Å². The minimum atomic E-state index is -0.944. The molecule has 0 aliphatic heterocycles. The fraction of sp³-hybridized carbons (Fsp3) is 0.464. The van der Waals surface area contributed by atoms with E-state index >= 15 is 0 Å². The van der Waals surface area contributed by atoms with E-state index in [0.29, 0.717) is 12.8 Å². The molecule has 0 bridgehead atoms. The van der Waals surface area contributed by atoms with E-state index in [1.54, 1.807) is 0 Å². The van der Waals surface area contributed by atoms with Gasteiger partial charge in [-0.15, -0.1) is 0 Å². The Morgan fingerprint density at radius 2 is 1.57 bits per heavy atom. The SMILES string of the molecule is CC(C)[C@H](CC(=O)O)NC(=O)[C@@H]1CCCC[C@@H]1NC(=O)OCC1c2ccccc2-c2ccccc21. The first-order valence-corrected chi connectivity index (χ1v) is 12.5. The quantitative estimate of drug-likeness (QED) is 0.510. The summed E-state index contributed by atoms with van der Waals surface area (Å²) in [7, 11) is 0. The number of ether oxygens (including phenoxy) is 1. The molecule has 3 N–H and O–H groups in total. The van der Waals surface area contributed by atoms with Crippen LogP contribution in [0.4, 0.5) is 4.79 Å². The first-order valence-electron chi connectivity index (χ1n) is 12.5. The summed E-state index contributed by atoms with van der Waals surface area (Å²) in [5, 5.41) is 15.0. The van der Waals surface area contributed by atoms with Crippen LogP contribution < -0.4 is 10.6 Å². The summed E-state index contributed by atoms with van der Waals surface area (Å²) in [5.41, 5.74) is 4.63. The average Bonchev–Trinajstić information content (AvgIpc) is 3.16. The van der Waals surface area contributed by atoms with Gasteiger partial charge in [-0.05, 0) is 41.0 Å². The molecular weight excluding hydrogens is 444 g/mol. The molecule has 2 aromatic rings. The van der Waals surface area contributed by atoms with Crippen molar-refractivity contribution in [3.63, 3.8) is 0 Å². The van der Waals surface area contributed by atoms with Gasteiger partial charge in [-0.3, -0.25) is 9.59 Å². The van der Waals surface area contributed by atoms with Crippen LogP contribution in [0.15, 0.2) is 48.5 Å². The first-order chi connectivity index (χ1) is 16.8. The number of hydrogen-bond donors (Lipinski definition) is 3. The summed E-state index contributed by atoms with van der Waals surface area (Å²) >= 11 is 0. The fourth-order valence-electron chi connectivity index (χ4n) is 5.34. The number of benzene rings is 2. The molecule has 186 valence electrons. The van der Waals surface area contributed by atoms with Gasteiger partial charge in [-0.25, -0.2) is 4.79 Å². The maximum Gasteiger partial charge on any atom is 0.407 e. The third-order valence-corrected chi connectivity index (χ3v) is 7.28. The van der Waals surface area contributed by atoms with Crippen molar-refractivity contribution in [1.29, 1.82) is 0 Å². The van der Waals surface area contributed by atoms with E-state index < -0.39 is 24.0 Å². The number of hydrogen-bond acceptors (Lipinski definition) is 4. The molecule has 2 aliphatic rings. The molecule has 0 spiro atoms. The van der Waals surface area contributed by atoms with Crippen LogP contribution in [0.25, 0.3) is 11.1 Å². The zero-order chi connectivity index (χ0) is 24.9. The molecular formula is C28H34N2O5. The van der Waals surface area contributed by atoms with Gasteiger partial charge in [0.1, 0.15) is 6.61 Å². The van der Waals surface area contributed by atoms with E-state index in [9.17, 15) is 19.5 Å². The van der Waals surface area contributed by atoms with Crippen LogP contribution in [0.5, 0.6) is 0 Å². The Balaban J connectivity index is 1.38. The van der Waals surface area contributed by atoms with Crippen LogP contribution in [0.2, 0.25) is 0 Å². The van der Waals surface area contributed by atoms with E-state index in [1.165, 1.54) is 11.1 Å². The zero-order valence-electron chi connectivity index (χ0n) is 20.3. The Labute approximate surface area is 206 Å². The lowest BCUT2D eigenvalue weighted by molar-refractivity contribution is -0.138. The molecule has 35 heavy (non-hydrogen) atoms. The van der Waals surface area contributed by atoms with E-state index in [4.69, 9.17) is 4.74 Å². The molecule has 2 aliphatic carbocycles. The van der Waals surface area contributed by atoms with Crippen molar-refractivity contribution in [2.24, 2.45) is 11.8 Å². The molecule has 0 heterocycles. The number of carbonyl (C=O) groups is 3. The number of nitrogens with one attached hydrogen (secondary N) is 2. The van der Waals surface area contributed by atoms with Gasteiger partial charge in [0.25, 0.3) is 0 Å². The minimum Gasteiger partial charge on any atom is -0.481 e. The highest BCUT2D eigenvalue weighted by Crippen LogP contribution is 2.44. The molecule has 0 aromatic heterocycles. The van der Waals surface area contributed by atoms with Crippen molar-refractivity contribution in [1.82, 2.24) is 10.6 Å². The number of carboxylic acid groups (broad SMARTS) is 1. The molecule has 0 saturated heterocycles. The monoisotopic (exact) mass is 478 g/mol. The standard InChI is InChI=1S/C28H34N2O5/c1-17(2)25(15-26(31)32)29-27(33)22-13-7-8-14-24(22)30-28(34)35-16-23-20-11-5-3-9-18(20)19-10-4-6-12-21(19)23/h3-6,9-12,17,22-25H,7-8,13-16H2,1-2H3,(H,29,33)(H,30,34)(H,31,32)/t22-,24+,25+/m1/s1. The Bertz CT molecular complexity index is 1040. The Morgan fingerprint density at radius 1 is 0.971 bits per heavy atom. The predicted molar refractivity (Wildman–Crippen MR) is 133 cm³/mol. The summed E-state index contributed by atoms with van der Waals surface area (Å²) in [5.74, 6) is -1.58. The molecule has 0 unspecified atom stereocenters. The smallest absolute Gasteiger partial charge is 0.407 e. The van der Waals surface area contributed by atoms with Crippen molar-refractivity contribution in [3.05, 3.63) is 59.7 Å². The molecule has 3 atom stereocenters. The summed E-state index contributed by atoms with van der Waals surface area (Å²) in [6.45, 7) is 4.00. The Morgan fingerprint density at radius 3 is 2.17 bits per heavy atom. The third-order valence-electron chi connectivity index (χ3n) is 7.28. The largest absolute Gasteiger partial charge is 0.481 e. The van der Waals surface area contributed by atoms with Gasteiger partial charge in [0.2, 0.25) is 5.91 Å². The van der Waals surface area contributed by atoms with Gasteiger partial charge in [0.05, 0.1) is 12.3 Å². The summed E-state index contributed by atoms with van der Waals surface area (Å²) < 4.78 is 5.68. The van der Waals surface area contributed by atoms with E-state index in [0.717, 1.165) is 24.0 Å². The van der Waals surface area contributed by atoms with E-state index in [1.807, 2.05) is 38.1 Å². The first kappa shape index (κ1) is 24.8. The summed E-state index contributed by atoms with van der Waals surface area (Å²) in [6, 6.07) is 15.6. The van der Waals surface area contributed by atoms with Crippen molar-refractivity contribution in [2.45, 2.75) is 64.0 Å². The van der Waals surface area contributed by atoms with Crippen LogP contribution in [0, 0.1) is 11.8 Å². The normalized spacial score (nSPS) is 20.0. The molecule has 7 heteroatoms. The second-order valence-corrected chi connectivity index (χ2v) is 9.92. The molecule has 4 rings (SSSR count). The van der Waals surface area contributed by atoms with Gasteiger partial charge in [-0.2, -0.15) is 0 Å². The number of carboxylic acids is 1. The lowest BCUT2D eigenvalue weighted by Gasteiger charge is -2.33. The molecule has 2 aromatic carbocycles. The van der Waals surface area contributed by atoms with Crippen LogP contribution >= 0.6 is 0 Å². The molecule has 1 saturated carbocycles. The maximum atomic E-state index is 13.0. The zero-order valence-corrected chi connectivity index (χ0v) is 20.3. The second-order valence-electron chi connectivity index (χ2n) is 9.92. The van der Waals surface area contributed by atoms with Gasteiger partial charge < -0.3 is 20.5 Å². The molecule has 7 nitrogen and oxygen atoms in total. The number of aliphatic carboxylic acids is 1. The number of carbonyl (C=O) groups excluding carboxylic acids is 2. The maximum absolute atomic E-state index is 13.0. The predicted octanol–water partition coefficient (Wildman–Crippen LogP) is 4.70. The van der Waals surface area contributed by atoms with Crippen molar-refractivity contribution < 1.29 is 24.2 Å². The second kappa shape index (κ2) is 10.9. The lowest BCUT2D eigenvalue weighted by Crippen LogP contribution is -2.51. The molecule has 0 radical (unpaired) electrons. The number of alkyl carbamates (subject to hydrolysis) is 1. The van der Waals surface area contributed by atoms with Crippen molar-refractivity contribution in [3.8, 4) is 11.1 Å². The lowest BCUT2D eigenvalue weighted by atomic mass is 9.83. The highest BCUT2D eigenvalue weighted by molar-refractivity contribution is 5.82. The highest BCUT2D eigenvalue weighted by atomic mass is 16.5. The Kier molecular flexibility index (Phi) is 7.73. The van der Waals surface area contributed by atoms with Crippen LogP contribution in [0.3, 0.4) is 0 Å². The molecule has 2 amide bonds. The average molecular weight is 479 g/mol. The topological polar surface area (TPSA) is 105 Å². The van der Waals surface area contributed by atoms with Crippen LogP contribution in [-0.2, 0) is 14.3 Å². The summed E-state index contributed by atoms with van der Waals surface area (Å²) in [4.78, 5) is 37.0. The van der Waals surface area contributed by atoms with E-state index in [-0.39, 0.29) is 36.8 Å². The van der Waals surface area contributed by atoms with Gasteiger partial charge in [0.15, 0.2) is 0 Å². The highest BCUT2D eigenvalue weighted by Gasteiger charge is 2.35. The molecule has 1 fully saturated rings. The number of fused-ring (bicyclic) bond motifs is 3. The summed E-state index contributed by atoms with van der Waals surface area (Å²) in [6.07, 6.45) is 2.50. The van der Waals surface area contributed by atoms with Crippen LogP contribution in [-0.4, -0.2) is 41.8 Å². The van der Waals surface area contributed by atoms with Gasteiger partial charge >= 0.3 is 12.1 Å². The van der Waals surface area contributed by atoms with Crippen LogP contribution in [0.1, 0.15) is 63.0 Å². The van der Waals surface area contributed by atoms with E-state index in [2.05, 4.69) is 34.9 Å². The third kappa shape index (κ3) is 5.66. The number of rotatable bonds is 8. The van der Waals surface area contributed by atoms with Crippen molar-refractivity contribution >= 4 is 18.0 Å².